The van der Waals surface area contributed by atoms with Crippen molar-refractivity contribution in [2.45, 2.75) is 0 Å². The number of hydrogen-bond donors (Lipinski definition) is 2. The van der Waals surface area contributed by atoms with Crippen LogP contribution in [0.5, 0.6) is 0 Å². The molecule has 5 heteroatoms. The predicted molar refractivity (Wildman–Crippen MR) is 51.4 cm³/mol. The quantitative estimate of drug-likeness (QED) is 0.733. The van der Waals surface area contributed by atoms with Crippen molar-refractivity contribution >= 4 is 17.7 Å². The highest BCUT2D eigenvalue weighted by atomic mass is 16.4. The molecule has 0 aliphatic heterocycles. The molecule has 74 valence electrons. The molecule has 0 saturated carbocycles. The topological polar surface area (TPSA) is 83.6 Å². The average Bonchev–Trinajstić information content (AvgIpc) is 2.16. The maximum Gasteiger partial charge on any atom is 0.337 e. The lowest BCUT2D eigenvalue weighted by Crippen LogP contribution is -2.32. The van der Waals surface area contributed by atoms with Crippen LogP contribution in [0.25, 0.3) is 0 Å². The molecule has 14 heavy (non-hydrogen) atoms. The summed E-state index contributed by atoms with van der Waals surface area (Å²) in [6.45, 7) is 0. The van der Waals surface area contributed by atoms with E-state index < -0.39 is 12.0 Å². The summed E-state index contributed by atoms with van der Waals surface area (Å²) in [6, 6.07) is 5.47. The van der Waals surface area contributed by atoms with E-state index in [0.29, 0.717) is 0 Å². The van der Waals surface area contributed by atoms with Crippen LogP contribution in [0.3, 0.4) is 0 Å². The highest BCUT2D eigenvalue weighted by molar-refractivity contribution is 6.00. The third-order valence-electron chi connectivity index (χ3n) is 1.83. The third kappa shape index (κ3) is 1.82. The Hall–Kier alpha value is -2.04. The summed E-state index contributed by atoms with van der Waals surface area (Å²) in [5, 5.41) is 8.82. The smallest absolute Gasteiger partial charge is 0.337 e. The molecule has 5 nitrogen and oxygen atoms in total. The summed E-state index contributed by atoms with van der Waals surface area (Å²) in [6.07, 6.45) is 0. The van der Waals surface area contributed by atoms with E-state index in [4.69, 9.17) is 10.8 Å². The Bertz CT molecular complexity index is 376. The van der Waals surface area contributed by atoms with E-state index in [0.717, 1.165) is 4.90 Å². The number of anilines is 1. The van der Waals surface area contributed by atoms with E-state index in [9.17, 15) is 9.59 Å². The highest BCUT2D eigenvalue weighted by Gasteiger charge is 2.14. The van der Waals surface area contributed by atoms with E-state index in [1.165, 1.54) is 19.2 Å². The van der Waals surface area contributed by atoms with Gasteiger partial charge in [0, 0.05) is 7.05 Å². The molecule has 0 fully saturated rings. The van der Waals surface area contributed by atoms with Gasteiger partial charge < -0.3 is 10.8 Å². The summed E-state index contributed by atoms with van der Waals surface area (Å²) < 4.78 is 0. The lowest BCUT2D eigenvalue weighted by molar-refractivity contribution is 0.0698. The maximum atomic E-state index is 10.8. The van der Waals surface area contributed by atoms with Gasteiger partial charge in [-0.1, -0.05) is 12.1 Å². The number of para-hydroxylation sites is 1. The molecule has 1 aromatic rings. The second kappa shape index (κ2) is 3.78. The summed E-state index contributed by atoms with van der Waals surface area (Å²) in [7, 11) is 1.42. The first-order valence-corrected chi connectivity index (χ1v) is 3.89. The second-order valence-corrected chi connectivity index (χ2v) is 2.72. The van der Waals surface area contributed by atoms with Gasteiger partial charge >= 0.3 is 12.0 Å². The van der Waals surface area contributed by atoms with Crippen LogP contribution in [0.2, 0.25) is 0 Å². The molecule has 0 heterocycles. The Morgan fingerprint density at radius 1 is 1.36 bits per heavy atom. The van der Waals surface area contributed by atoms with Crippen LogP contribution in [0.4, 0.5) is 10.5 Å². The summed E-state index contributed by atoms with van der Waals surface area (Å²) in [5.74, 6) is -1.09. The van der Waals surface area contributed by atoms with E-state index in [2.05, 4.69) is 0 Å². The van der Waals surface area contributed by atoms with E-state index in [1.54, 1.807) is 12.1 Å². The Kier molecular flexibility index (Phi) is 2.71. The first-order chi connectivity index (χ1) is 6.54. The van der Waals surface area contributed by atoms with Crippen molar-refractivity contribution in [2.24, 2.45) is 5.73 Å². The summed E-state index contributed by atoms with van der Waals surface area (Å²) >= 11 is 0. The monoisotopic (exact) mass is 194 g/mol. The maximum absolute atomic E-state index is 10.8. The van der Waals surface area contributed by atoms with Gasteiger partial charge in [0.2, 0.25) is 0 Å². The highest BCUT2D eigenvalue weighted by Crippen LogP contribution is 2.18. The minimum atomic E-state index is -1.09. The molecule has 3 N–H and O–H groups in total. The van der Waals surface area contributed by atoms with Gasteiger partial charge in [-0.25, -0.2) is 9.59 Å². The van der Waals surface area contributed by atoms with Crippen molar-refractivity contribution in [3.63, 3.8) is 0 Å². The van der Waals surface area contributed by atoms with Gasteiger partial charge in [0.15, 0.2) is 0 Å². The summed E-state index contributed by atoms with van der Waals surface area (Å²) in [4.78, 5) is 22.7. The largest absolute Gasteiger partial charge is 0.478 e. The molecular formula is C9H10N2O3. The van der Waals surface area contributed by atoms with Gasteiger partial charge in [-0.2, -0.15) is 0 Å². The van der Waals surface area contributed by atoms with Gasteiger partial charge in [0.05, 0.1) is 11.3 Å². The zero-order valence-corrected chi connectivity index (χ0v) is 7.60. The molecule has 0 unspecified atom stereocenters. The minimum Gasteiger partial charge on any atom is -0.478 e. The molecule has 1 rings (SSSR count). The van der Waals surface area contributed by atoms with E-state index >= 15 is 0 Å². The molecule has 0 atom stereocenters. The zero-order valence-electron chi connectivity index (χ0n) is 7.60. The van der Waals surface area contributed by atoms with E-state index in [-0.39, 0.29) is 11.3 Å². The Balaban J connectivity index is 3.19. The number of nitrogens with two attached hydrogens (primary N) is 1. The number of aromatic carboxylic acids is 1. The van der Waals surface area contributed by atoms with Gasteiger partial charge in [-0.05, 0) is 12.1 Å². The number of rotatable bonds is 2. The number of hydrogen-bond acceptors (Lipinski definition) is 2. The number of carboxylic acid groups (broad SMARTS) is 1. The van der Waals surface area contributed by atoms with Crippen molar-refractivity contribution in [2.75, 3.05) is 11.9 Å². The number of amides is 2. The molecule has 0 spiro atoms. The summed E-state index contributed by atoms with van der Waals surface area (Å²) in [5.41, 5.74) is 5.37. The van der Waals surface area contributed by atoms with Crippen LogP contribution in [0.15, 0.2) is 24.3 Å². The van der Waals surface area contributed by atoms with Crippen LogP contribution in [0, 0.1) is 0 Å². The van der Waals surface area contributed by atoms with Crippen molar-refractivity contribution in [3.8, 4) is 0 Å². The SMILES string of the molecule is CN(C(N)=O)c1ccccc1C(=O)O. The first-order valence-electron chi connectivity index (χ1n) is 3.89. The molecule has 0 aliphatic carbocycles. The number of carbonyl (C=O) groups excluding carboxylic acids is 1. The molecule has 2 amide bonds. The number of urea groups is 1. The molecule has 0 saturated heterocycles. The third-order valence-corrected chi connectivity index (χ3v) is 1.83. The minimum absolute atomic E-state index is 0.0498. The van der Waals surface area contributed by atoms with Gasteiger partial charge in [0.1, 0.15) is 0 Å². The van der Waals surface area contributed by atoms with Crippen molar-refractivity contribution < 1.29 is 14.7 Å². The van der Waals surface area contributed by atoms with Gasteiger partial charge in [-0.15, -0.1) is 0 Å². The van der Waals surface area contributed by atoms with E-state index in [1.807, 2.05) is 0 Å². The normalized spacial score (nSPS) is 9.50. The molecule has 0 bridgehead atoms. The number of carbonyl (C=O) groups is 2. The van der Waals surface area contributed by atoms with Crippen molar-refractivity contribution in [1.82, 2.24) is 0 Å². The van der Waals surface area contributed by atoms with Crippen molar-refractivity contribution in [1.29, 1.82) is 0 Å². The first kappa shape index (κ1) is 10.0. The van der Waals surface area contributed by atoms with Crippen LogP contribution >= 0.6 is 0 Å². The van der Waals surface area contributed by atoms with Crippen LogP contribution in [0.1, 0.15) is 10.4 Å². The fourth-order valence-electron chi connectivity index (χ4n) is 1.07. The predicted octanol–water partition coefficient (Wildman–Crippen LogP) is 0.900. The standard InChI is InChI=1S/C9H10N2O3/c1-11(9(10)14)7-5-3-2-4-6(7)8(12)13/h2-5H,1H3,(H2,10,14)(H,12,13). The number of carboxylic acids is 1. The Morgan fingerprint density at radius 3 is 2.43 bits per heavy atom. The van der Waals surface area contributed by atoms with Crippen LogP contribution in [-0.2, 0) is 0 Å². The molecule has 1 aromatic carbocycles. The fraction of sp³-hybridized carbons (Fsp3) is 0.111. The second-order valence-electron chi connectivity index (χ2n) is 2.72. The zero-order chi connectivity index (χ0) is 10.7. The molecule has 0 aromatic heterocycles. The molecule has 0 radical (unpaired) electrons. The van der Waals surface area contributed by atoms with Crippen molar-refractivity contribution in [3.05, 3.63) is 29.8 Å². The lowest BCUT2D eigenvalue weighted by atomic mass is 10.1. The molecular weight excluding hydrogens is 184 g/mol. The Morgan fingerprint density at radius 2 is 1.93 bits per heavy atom. The van der Waals surface area contributed by atoms with Gasteiger partial charge in [-0.3, -0.25) is 4.90 Å². The average molecular weight is 194 g/mol. The van der Waals surface area contributed by atoms with Crippen LogP contribution in [-0.4, -0.2) is 24.2 Å². The number of benzene rings is 1. The lowest BCUT2D eigenvalue weighted by Gasteiger charge is -2.16. The van der Waals surface area contributed by atoms with Crippen LogP contribution < -0.4 is 10.6 Å². The number of nitrogens with zero attached hydrogens (tertiary/aromatic N) is 1. The molecule has 0 aliphatic rings. The fourth-order valence-corrected chi connectivity index (χ4v) is 1.07. The van der Waals surface area contributed by atoms with Gasteiger partial charge in [0.25, 0.3) is 0 Å². The number of primary amides is 1. The Labute approximate surface area is 80.7 Å².